The summed E-state index contributed by atoms with van der Waals surface area (Å²) in [6.07, 6.45) is 0.441. The SMILES string of the molecule is Cc1nc(CC(=O)CSc2ccccc2Br)sc1C. The number of aromatic nitrogens is 1. The molecule has 0 unspecified atom stereocenters. The number of thioether (sulfide) groups is 1. The first-order valence-electron chi connectivity index (χ1n) is 5.88. The monoisotopic (exact) mass is 355 g/mol. The average Bonchev–Trinajstić information content (AvgIpc) is 2.67. The predicted octanol–water partition coefficient (Wildman–Crippen LogP) is 4.43. The molecule has 100 valence electrons. The molecule has 0 spiro atoms. The Morgan fingerprint density at radius 1 is 1.37 bits per heavy atom. The highest BCUT2D eigenvalue weighted by Gasteiger charge is 2.10. The first kappa shape index (κ1) is 14.8. The van der Waals surface area contributed by atoms with Gasteiger partial charge in [0.2, 0.25) is 0 Å². The molecule has 0 saturated heterocycles. The topological polar surface area (TPSA) is 30.0 Å². The molecule has 1 aromatic carbocycles. The van der Waals surface area contributed by atoms with E-state index in [9.17, 15) is 4.79 Å². The number of carbonyl (C=O) groups is 1. The van der Waals surface area contributed by atoms with Gasteiger partial charge in [0.15, 0.2) is 0 Å². The van der Waals surface area contributed by atoms with Crippen LogP contribution in [0.25, 0.3) is 0 Å². The number of halogens is 1. The lowest BCUT2D eigenvalue weighted by Crippen LogP contribution is -2.05. The lowest BCUT2D eigenvalue weighted by atomic mass is 10.3. The second-order valence-electron chi connectivity index (χ2n) is 4.18. The molecular weight excluding hydrogens is 342 g/mol. The number of rotatable bonds is 5. The largest absolute Gasteiger partial charge is 0.298 e. The number of Topliss-reactive ketones (excluding diaryl/α,β-unsaturated/α-hetero) is 1. The van der Waals surface area contributed by atoms with Crippen LogP contribution in [-0.2, 0) is 11.2 Å². The highest BCUT2D eigenvalue weighted by atomic mass is 79.9. The summed E-state index contributed by atoms with van der Waals surface area (Å²) in [5.74, 6) is 0.704. The van der Waals surface area contributed by atoms with Crippen molar-refractivity contribution in [2.24, 2.45) is 0 Å². The van der Waals surface area contributed by atoms with E-state index >= 15 is 0 Å². The summed E-state index contributed by atoms with van der Waals surface area (Å²) in [5.41, 5.74) is 1.03. The molecule has 2 rings (SSSR count). The third kappa shape index (κ3) is 4.16. The Morgan fingerprint density at radius 2 is 2.11 bits per heavy atom. The first-order valence-corrected chi connectivity index (χ1v) is 8.47. The summed E-state index contributed by atoms with van der Waals surface area (Å²) < 4.78 is 1.04. The first-order chi connectivity index (χ1) is 9.06. The van der Waals surface area contributed by atoms with Crippen LogP contribution < -0.4 is 0 Å². The summed E-state index contributed by atoms with van der Waals surface area (Å²) in [7, 11) is 0. The van der Waals surface area contributed by atoms with Gasteiger partial charge in [0, 0.05) is 14.2 Å². The molecule has 0 bridgehead atoms. The molecule has 0 aliphatic rings. The van der Waals surface area contributed by atoms with Gasteiger partial charge in [-0.25, -0.2) is 4.98 Å². The molecule has 0 saturated carbocycles. The van der Waals surface area contributed by atoms with E-state index in [1.54, 1.807) is 23.1 Å². The van der Waals surface area contributed by atoms with Crippen LogP contribution in [0.2, 0.25) is 0 Å². The molecule has 19 heavy (non-hydrogen) atoms. The minimum absolute atomic E-state index is 0.217. The summed E-state index contributed by atoms with van der Waals surface area (Å²) in [4.78, 5) is 18.6. The molecule has 0 N–H and O–H groups in total. The van der Waals surface area contributed by atoms with E-state index in [1.165, 1.54) is 4.88 Å². The fourth-order valence-corrected chi connectivity index (χ4v) is 3.94. The lowest BCUT2D eigenvalue weighted by Gasteiger charge is -2.02. The van der Waals surface area contributed by atoms with Gasteiger partial charge in [-0.2, -0.15) is 0 Å². The Kier molecular flexibility index (Phi) is 5.19. The van der Waals surface area contributed by atoms with Crippen molar-refractivity contribution < 1.29 is 4.79 Å². The van der Waals surface area contributed by atoms with Crippen molar-refractivity contribution in [3.63, 3.8) is 0 Å². The van der Waals surface area contributed by atoms with Crippen LogP contribution in [0.3, 0.4) is 0 Å². The van der Waals surface area contributed by atoms with Gasteiger partial charge < -0.3 is 0 Å². The minimum Gasteiger partial charge on any atom is -0.298 e. The van der Waals surface area contributed by atoms with Gasteiger partial charge in [0.05, 0.1) is 17.9 Å². The number of hydrogen-bond acceptors (Lipinski definition) is 4. The molecule has 0 aliphatic carbocycles. The molecule has 0 amide bonds. The maximum Gasteiger partial charge on any atom is 0.149 e. The molecule has 1 aromatic heterocycles. The summed E-state index contributed by atoms with van der Waals surface area (Å²) >= 11 is 6.67. The quantitative estimate of drug-likeness (QED) is 0.743. The Hall–Kier alpha value is -0.650. The van der Waals surface area contributed by atoms with Crippen molar-refractivity contribution in [3.8, 4) is 0 Å². The maximum absolute atomic E-state index is 11.9. The van der Waals surface area contributed by atoms with Gasteiger partial charge >= 0.3 is 0 Å². The van der Waals surface area contributed by atoms with E-state index in [0.29, 0.717) is 12.2 Å². The lowest BCUT2D eigenvalue weighted by molar-refractivity contribution is -0.116. The normalized spacial score (nSPS) is 10.7. The Bertz CT molecular complexity index is 575. The summed E-state index contributed by atoms with van der Waals surface area (Å²) in [6.45, 7) is 4.02. The zero-order chi connectivity index (χ0) is 13.8. The van der Waals surface area contributed by atoms with Crippen LogP contribution in [0.15, 0.2) is 33.6 Å². The molecule has 0 aliphatic heterocycles. The molecular formula is C14H14BrNOS2. The Labute approximate surface area is 129 Å². The molecule has 2 nitrogen and oxygen atoms in total. The summed E-state index contributed by atoms with van der Waals surface area (Å²) in [6, 6.07) is 7.95. The molecule has 0 atom stereocenters. The number of nitrogens with zero attached hydrogens (tertiary/aromatic N) is 1. The van der Waals surface area contributed by atoms with Gasteiger partial charge in [-0.1, -0.05) is 12.1 Å². The number of carbonyl (C=O) groups excluding carboxylic acids is 1. The Balaban J connectivity index is 1.90. The molecule has 0 radical (unpaired) electrons. The highest BCUT2D eigenvalue weighted by Crippen LogP contribution is 2.27. The van der Waals surface area contributed by atoms with Gasteiger partial charge in [-0.05, 0) is 41.9 Å². The molecule has 5 heteroatoms. The number of benzene rings is 1. The van der Waals surface area contributed by atoms with Crippen LogP contribution in [0.1, 0.15) is 15.6 Å². The van der Waals surface area contributed by atoms with Crippen molar-refractivity contribution in [2.75, 3.05) is 5.75 Å². The zero-order valence-corrected chi connectivity index (χ0v) is 14.0. The van der Waals surface area contributed by atoms with E-state index in [2.05, 4.69) is 20.9 Å². The predicted molar refractivity (Wildman–Crippen MR) is 85.2 cm³/mol. The third-order valence-electron chi connectivity index (χ3n) is 2.65. The molecule has 0 fully saturated rings. The standard InChI is InChI=1S/C14H14BrNOS2/c1-9-10(2)19-14(16-9)7-11(17)8-18-13-6-4-3-5-12(13)15/h3-6H,7-8H2,1-2H3. The van der Waals surface area contributed by atoms with Crippen molar-refractivity contribution in [1.82, 2.24) is 4.98 Å². The smallest absolute Gasteiger partial charge is 0.149 e. The van der Waals surface area contributed by atoms with Crippen molar-refractivity contribution >= 4 is 44.8 Å². The number of aryl methyl sites for hydroxylation is 2. The van der Waals surface area contributed by atoms with Gasteiger partial charge in [-0.3, -0.25) is 4.79 Å². The Morgan fingerprint density at radius 3 is 2.74 bits per heavy atom. The fourth-order valence-electron chi connectivity index (χ4n) is 1.55. The minimum atomic E-state index is 0.217. The zero-order valence-electron chi connectivity index (χ0n) is 10.8. The number of thiazole rings is 1. The third-order valence-corrected chi connectivity index (χ3v) is 5.81. The maximum atomic E-state index is 11.9. The van der Waals surface area contributed by atoms with Crippen LogP contribution >= 0.6 is 39.0 Å². The number of hydrogen-bond donors (Lipinski definition) is 0. The van der Waals surface area contributed by atoms with E-state index in [1.807, 2.05) is 38.1 Å². The van der Waals surface area contributed by atoms with Gasteiger partial charge in [0.1, 0.15) is 10.8 Å². The number of ketones is 1. The highest BCUT2D eigenvalue weighted by molar-refractivity contribution is 9.10. The van der Waals surface area contributed by atoms with Crippen LogP contribution in [-0.4, -0.2) is 16.5 Å². The molecule has 2 aromatic rings. The van der Waals surface area contributed by atoms with E-state index in [0.717, 1.165) is 20.1 Å². The second kappa shape index (κ2) is 6.68. The van der Waals surface area contributed by atoms with E-state index in [-0.39, 0.29) is 5.78 Å². The van der Waals surface area contributed by atoms with E-state index < -0.39 is 0 Å². The molecule has 1 heterocycles. The van der Waals surface area contributed by atoms with Gasteiger partial charge in [-0.15, -0.1) is 23.1 Å². The van der Waals surface area contributed by atoms with Crippen LogP contribution in [0.4, 0.5) is 0 Å². The van der Waals surface area contributed by atoms with E-state index in [4.69, 9.17) is 0 Å². The summed E-state index contributed by atoms with van der Waals surface area (Å²) in [5, 5.41) is 0.924. The van der Waals surface area contributed by atoms with Crippen molar-refractivity contribution in [1.29, 1.82) is 0 Å². The average molecular weight is 356 g/mol. The second-order valence-corrected chi connectivity index (χ2v) is 7.34. The fraction of sp³-hybridized carbons (Fsp3) is 0.286. The van der Waals surface area contributed by atoms with Crippen molar-refractivity contribution in [3.05, 3.63) is 44.3 Å². The van der Waals surface area contributed by atoms with Crippen molar-refractivity contribution in [2.45, 2.75) is 25.2 Å². The van der Waals surface area contributed by atoms with Crippen LogP contribution in [0.5, 0.6) is 0 Å². The van der Waals surface area contributed by atoms with Gasteiger partial charge in [0.25, 0.3) is 0 Å². The van der Waals surface area contributed by atoms with Crippen LogP contribution in [0, 0.1) is 13.8 Å².